The Balaban J connectivity index is 1.73. The van der Waals surface area contributed by atoms with Crippen LogP contribution >= 0.6 is 0 Å². The highest BCUT2D eigenvalue weighted by molar-refractivity contribution is 5.79. The van der Waals surface area contributed by atoms with Gasteiger partial charge in [0.25, 0.3) is 11.2 Å². The molecule has 1 aromatic rings. The predicted molar refractivity (Wildman–Crippen MR) is 76.9 cm³/mol. The minimum absolute atomic E-state index is 0.0899. The molecule has 0 aliphatic heterocycles. The van der Waals surface area contributed by atoms with Gasteiger partial charge in [0.15, 0.2) is 0 Å². The van der Waals surface area contributed by atoms with E-state index in [1.165, 1.54) is 22.9 Å². The molecule has 0 aromatic carbocycles. The van der Waals surface area contributed by atoms with E-state index in [4.69, 9.17) is 0 Å². The molecule has 1 saturated carbocycles. The molecule has 0 radical (unpaired) electrons. The van der Waals surface area contributed by atoms with Gasteiger partial charge in [-0.05, 0) is 25.7 Å². The van der Waals surface area contributed by atoms with Crippen molar-refractivity contribution in [2.75, 3.05) is 6.54 Å². The lowest BCUT2D eigenvalue weighted by Crippen LogP contribution is -2.35. The summed E-state index contributed by atoms with van der Waals surface area (Å²) in [6.45, 7) is 0.999. The number of rotatable bonds is 7. The molecular weight excluding hydrogens is 274 g/mol. The second-order valence-corrected chi connectivity index (χ2v) is 5.30. The highest BCUT2D eigenvalue weighted by Crippen LogP contribution is 2.26. The normalized spacial score (nSPS) is 14.5. The van der Waals surface area contributed by atoms with Gasteiger partial charge in [0.1, 0.15) is 0 Å². The molecule has 0 saturated heterocycles. The highest BCUT2D eigenvalue weighted by atomic mass is 16.6. The van der Waals surface area contributed by atoms with Crippen molar-refractivity contribution in [3.63, 3.8) is 0 Å². The number of nitro groups is 1. The quantitative estimate of drug-likeness (QED) is 0.467. The lowest BCUT2D eigenvalue weighted by molar-refractivity contribution is -0.385. The summed E-state index contributed by atoms with van der Waals surface area (Å²) in [6, 6.07) is 2.41. The van der Waals surface area contributed by atoms with E-state index in [9.17, 15) is 19.7 Å². The van der Waals surface area contributed by atoms with E-state index in [1.807, 2.05) is 0 Å². The largest absolute Gasteiger partial charge is 0.356 e. The van der Waals surface area contributed by atoms with Gasteiger partial charge in [-0.2, -0.15) is 0 Å². The first-order valence-corrected chi connectivity index (χ1v) is 7.20. The Morgan fingerprint density at radius 2 is 2.14 bits per heavy atom. The summed E-state index contributed by atoms with van der Waals surface area (Å²) in [5.41, 5.74) is -0.341. The monoisotopic (exact) mass is 293 g/mol. The van der Waals surface area contributed by atoms with Crippen molar-refractivity contribution in [1.82, 2.24) is 9.88 Å². The van der Waals surface area contributed by atoms with Gasteiger partial charge in [0, 0.05) is 31.1 Å². The van der Waals surface area contributed by atoms with Crippen LogP contribution in [0.25, 0.3) is 0 Å². The van der Waals surface area contributed by atoms with E-state index in [0.29, 0.717) is 19.5 Å². The summed E-state index contributed by atoms with van der Waals surface area (Å²) in [4.78, 5) is 33.3. The zero-order valence-electron chi connectivity index (χ0n) is 11.8. The molecule has 21 heavy (non-hydrogen) atoms. The van der Waals surface area contributed by atoms with Crippen LogP contribution in [0.1, 0.15) is 32.1 Å². The molecule has 1 N–H and O–H groups in total. The zero-order valence-corrected chi connectivity index (χ0v) is 11.8. The molecule has 1 amide bonds. The van der Waals surface area contributed by atoms with Crippen molar-refractivity contribution in [2.45, 2.75) is 38.6 Å². The number of hydrogen-bond acceptors (Lipinski definition) is 4. The SMILES string of the molecule is O=C(NCCCCn1cc([N+](=O)[O-])ccc1=O)C1CCC1. The Kier molecular flexibility index (Phi) is 5.08. The minimum Gasteiger partial charge on any atom is -0.356 e. The predicted octanol–water partition coefficient (Wildman–Crippen LogP) is 1.45. The Morgan fingerprint density at radius 1 is 1.38 bits per heavy atom. The third-order valence-electron chi connectivity index (χ3n) is 3.78. The van der Waals surface area contributed by atoms with Gasteiger partial charge in [-0.25, -0.2) is 0 Å². The maximum absolute atomic E-state index is 11.6. The average Bonchev–Trinajstić information content (AvgIpc) is 2.38. The van der Waals surface area contributed by atoms with Gasteiger partial charge in [-0.3, -0.25) is 19.7 Å². The fraction of sp³-hybridized carbons (Fsp3) is 0.571. The molecule has 1 fully saturated rings. The van der Waals surface area contributed by atoms with Crippen molar-refractivity contribution >= 4 is 11.6 Å². The number of unbranched alkanes of at least 4 members (excludes halogenated alkanes) is 1. The number of pyridine rings is 1. The number of carbonyl (C=O) groups is 1. The average molecular weight is 293 g/mol. The van der Waals surface area contributed by atoms with Gasteiger partial charge < -0.3 is 9.88 Å². The number of aryl methyl sites for hydroxylation is 1. The van der Waals surface area contributed by atoms with E-state index in [0.717, 1.165) is 25.7 Å². The van der Waals surface area contributed by atoms with Crippen LogP contribution in [0.2, 0.25) is 0 Å². The van der Waals surface area contributed by atoms with Gasteiger partial charge in [0.2, 0.25) is 5.91 Å². The number of amides is 1. The van der Waals surface area contributed by atoms with E-state index >= 15 is 0 Å². The standard InChI is InChI=1S/C14H19N3O4/c18-13-7-6-12(17(20)21)10-16(13)9-2-1-8-15-14(19)11-4-3-5-11/h6-7,10-11H,1-5,8-9H2,(H,15,19). The van der Waals surface area contributed by atoms with Crippen molar-refractivity contribution in [3.05, 3.63) is 38.8 Å². The van der Waals surface area contributed by atoms with Crippen LogP contribution in [0.15, 0.2) is 23.1 Å². The molecule has 1 aliphatic rings. The Morgan fingerprint density at radius 3 is 2.76 bits per heavy atom. The number of nitrogens with one attached hydrogen (secondary N) is 1. The van der Waals surface area contributed by atoms with Crippen molar-refractivity contribution in [1.29, 1.82) is 0 Å². The summed E-state index contributed by atoms with van der Waals surface area (Å²) in [5.74, 6) is 0.304. The molecule has 1 aromatic heterocycles. The Labute approximate surface area is 122 Å². The maximum atomic E-state index is 11.6. The fourth-order valence-electron chi connectivity index (χ4n) is 2.23. The second kappa shape index (κ2) is 7.01. The molecular formula is C14H19N3O4. The Hall–Kier alpha value is -2.18. The third kappa shape index (κ3) is 4.14. The van der Waals surface area contributed by atoms with Crippen molar-refractivity contribution < 1.29 is 9.72 Å². The van der Waals surface area contributed by atoms with Gasteiger partial charge in [-0.15, -0.1) is 0 Å². The third-order valence-corrected chi connectivity index (χ3v) is 3.78. The summed E-state index contributed by atoms with van der Waals surface area (Å²) >= 11 is 0. The van der Waals surface area contributed by atoms with Crippen LogP contribution < -0.4 is 10.9 Å². The van der Waals surface area contributed by atoms with Gasteiger partial charge in [-0.1, -0.05) is 6.42 Å². The number of hydrogen-bond donors (Lipinski definition) is 1. The molecule has 114 valence electrons. The first-order valence-electron chi connectivity index (χ1n) is 7.20. The number of carbonyl (C=O) groups excluding carboxylic acids is 1. The molecule has 7 heteroatoms. The first-order chi connectivity index (χ1) is 10.1. The molecule has 1 heterocycles. The Bertz CT molecular complexity index is 578. The lowest BCUT2D eigenvalue weighted by Gasteiger charge is -2.23. The van der Waals surface area contributed by atoms with Crippen molar-refractivity contribution in [2.24, 2.45) is 5.92 Å². The van der Waals surface area contributed by atoms with E-state index in [1.54, 1.807) is 0 Å². The molecule has 1 aliphatic carbocycles. The summed E-state index contributed by atoms with van der Waals surface area (Å²) < 4.78 is 1.34. The summed E-state index contributed by atoms with van der Waals surface area (Å²) in [5, 5.41) is 13.5. The number of nitrogens with zero attached hydrogens (tertiary/aromatic N) is 2. The van der Waals surface area contributed by atoms with Crippen LogP contribution in [0.4, 0.5) is 5.69 Å². The summed E-state index contributed by atoms with van der Waals surface area (Å²) in [6.07, 6.45) is 5.78. The van der Waals surface area contributed by atoms with Crippen molar-refractivity contribution in [3.8, 4) is 0 Å². The maximum Gasteiger partial charge on any atom is 0.285 e. The molecule has 7 nitrogen and oxygen atoms in total. The lowest BCUT2D eigenvalue weighted by atomic mass is 9.85. The van der Waals surface area contributed by atoms with Gasteiger partial charge >= 0.3 is 0 Å². The van der Waals surface area contributed by atoms with Crippen LogP contribution in [0.5, 0.6) is 0 Å². The van der Waals surface area contributed by atoms with Crippen LogP contribution in [-0.4, -0.2) is 21.9 Å². The first kappa shape index (κ1) is 15.2. The topological polar surface area (TPSA) is 94.2 Å². The van der Waals surface area contributed by atoms with Crippen LogP contribution in [-0.2, 0) is 11.3 Å². The van der Waals surface area contributed by atoms with E-state index in [2.05, 4.69) is 5.32 Å². The molecule has 0 unspecified atom stereocenters. The molecule has 0 atom stereocenters. The van der Waals surface area contributed by atoms with Crippen LogP contribution in [0.3, 0.4) is 0 Å². The van der Waals surface area contributed by atoms with Gasteiger partial charge in [0.05, 0.1) is 11.1 Å². The molecule has 0 spiro atoms. The summed E-state index contributed by atoms with van der Waals surface area (Å²) in [7, 11) is 0. The fourth-order valence-corrected chi connectivity index (χ4v) is 2.23. The second-order valence-electron chi connectivity index (χ2n) is 5.30. The molecule has 2 rings (SSSR count). The number of aromatic nitrogens is 1. The smallest absolute Gasteiger partial charge is 0.285 e. The minimum atomic E-state index is -0.519. The van der Waals surface area contributed by atoms with Crippen LogP contribution in [0, 0.1) is 16.0 Å². The van der Waals surface area contributed by atoms with E-state index in [-0.39, 0.29) is 23.1 Å². The highest BCUT2D eigenvalue weighted by Gasteiger charge is 2.24. The van der Waals surface area contributed by atoms with E-state index < -0.39 is 4.92 Å². The molecule has 0 bridgehead atoms. The zero-order chi connectivity index (χ0) is 15.2.